The van der Waals surface area contributed by atoms with E-state index in [0.29, 0.717) is 22.3 Å². The lowest BCUT2D eigenvalue weighted by molar-refractivity contribution is 0.252. The first-order valence-corrected chi connectivity index (χ1v) is 7.83. The van der Waals surface area contributed by atoms with Crippen LogP contribution in [0.15, 0.2) is 52.5 Å². The van der Waals surface area contributed by atoms with Crippen molar-refractivity contribution in [2.45, 2.75) is 10.7 Å². The van der Waals surface area contributed by atoms with Gasteiger partial charge in [0.15, 0.2) is 5.11 Å². The molecule has 0 saturated heterocycles. The van der Waals surface area contributed by atoms with Gasteiger partial charge in [0.05, 0.1) is 11.8 Å². The van der Waals surface area contributed by atoms with Gasteiger partial charge in [0.25, 0.3) is 5.76 Å². The highest BCUT2D eigenvalue weighted by Gasteiger charge is 2.06. The molecule has 0 amide bonds. The summed E-state index contributed by atoms with van der Waals surface area (Å²) in [6, 6.07) is 9.63. The second-order valence-electron chi connectivity index (χ2n) is 4.36. The number of nitrogens with zero attached hydrogens (tertiary/aromatic N) is 1. The zero-order valence-electron chi connectivity index (χ0n) is 12.0. The van der Waals surface area contributed by atoms with Crippen LogP contribution >= 0.6 is 24.0 Å². The SMILES string of the molecule is Fc1cccc(F)c1/C=N\NC(=S)Nc1ccc(SC(F)F)cc1. The number of thiocarbonyl (C=S) groups is 1. The normalized spacial score (nSPS) is 11.0. The van der Waals surface area contributed by atoms with E-state index in [0.717, 1.165) is 18.3 Å². The Morgan fingerprint density at radius 1 is 1.08 bits per heavy atom. The van der Waals surface area contributed by atoms with Crippen molar-refractivity contribution < 1.29 is 17.6 Å². The molecule has 0 aromatic heterocycles. The molecular weight excluding hydrogens is 362 g/mol. The van der Waals surface area contributed by atoms with Crippen LogP contribution in [0.2, 0.25) is 0 Å². The molecule has 0 saturated carbocycles. The largest absolute Gasteiger partial charge is 0.331 e. The Labute approximate surface area is 145 Å². The van der Waals surface area contributed by atoms with Crippen molar-refractivity contribution in [2.75, 3.05) is 5.32 Å². The summed E-state index contributed by atoms with van der Waals surface area (Å²) in [6.45, 7) is 0. The van der Waals surface area contributed by atoms with Crippen LogP contribution < -0.4 is 10.7 Å². The number of hydrazone groups is 1. The van der Waals surface area contributed by atoms with Gasteiger partial charge >= 0.3 is 0 Å². The van der Waals surface area contributed by atoms with Crippen molar-refractivity contribution in [1.82, 2.24) is 5.43 Å². The number of alkyl halides is 2. The number of hydrogen-bond donors (Lipinski definition) is 2. The third kappa shape index (κ3) is 5.50. The summed E-state index contributed by atoms with van der Waals surface area (Å²) in [6.07, 6.45) is 0.973. The fraction of sp³-hybridized carbons (Fsp3) is 0.0667. The van der Waals surface area contributed by atoms with E-state index in [4.69, 9.17) is 12.2 Å². The van der Waals surface area contributed by atoms with Crippen molar-refractivity contribution in [3.63, 3.8) is 0 Å². The molecule has 24 heavy (non-hydrogen) atoms. The molecule has 0 aliphatic rings. The fourth-order valence-corrected chi connectivity index (χ4v) is 2.34. The lowest BCUT2D eigenvalue weighted by Crippen LogP contribution is -2.23. The highest BCUT2D eigenvalue weighted by atomic mass is 32.2. The van der Waals surface area contributed by atoms with Crippen LogP contribution in [0.1, 0.15) is 5.56 Å². The molecule has 0 bridgehead atoms. The lowest BCUT2D eigenvalue weighted by atomic mass is 10.2. The smallest absolute Gasteiger partial charge is 0.288 e. The molecule has 0 spiro atoms. The molecule has 2 aromatic rings. The first kappa shape index (κ1) is 18.2. The molecule has 0 aliphatic carbocycles. The van der Waals surface area contributed by atoms with Crippen molar-refractivity contribution in [3.8, 4) is 0 Å². The molecule has 2 rings (SSSR count). The zero-order valence-corrected chi connectivity index (χ0v) is 13.6. The standard InChI is InChI=1S/C15H11F4N3S2/c16-12-2-1-3-13(17)11(12)8-20-22-15(23)21-9-4-6-10(7-5-9)24-14(18)19/h1-8,14H,(H2,21,22,23)/b20-8-. The predicted octanol–water partition coefficient (Wildman–Crippen LogP) is 4.60. The van der Waals surface area contributed by atoms with Crippen molar-refractivity contribution >= 4 is 41.0 Å². The van der Waals surface area contributed by atoms with E-state index < -0.39 is 17.4 Å². The van der Waals surface area contributed by atoms with E-state index in [9.17, 15) is 17.6 Å². The number of thioether (sulfide) groups is 1. The summed E-state index contributed by atoms with van der Waals surface area (Å²) in [4.78, 5) is 0.419. The Balaban J connectivity index is 1.90. The fourth-order valence-electron chi connectivity index (χ4n) is 1.67. The van der Waals surface area contributed by atoms with Crippen LogP contribution in [0.4, 0.5) is 23.2 Å². The maximum Gasteiger partial charge on any atom is 0.288 e. The zero-order chi connectivity index (χ0) is 17.5. The maximum atomic E-state index is 13.4. The minimum atomic E-state index is -2.49. The minimum Gasteiger partial charge on any atom is -0.331 e. The molecule has 2 N–H and O–H groups in total. The van der Waals surface area contributed by atoms with Gasteiger partial charge < -0.3 is 5.32 Å². The van der Waals surface area contributed by atoms with Gasteiger partial charge in [-0.05, 0) is 48.6 Å². The first-order valence-electron chi connectivity index (χ1n) is 6.54. The topological polar surface area (TPSA) is 36.4 Å². The molecule has 0 aliphatic heterocycles. The summed E-state index contributed by atoms with van der Waals surface area (Å²) in [5, 5.41) is 6.50. The van der Waals surface area contributed by atoms with Crippen LogP contribution in [-0.4, -0.2) is 17.1 Å². The molecule has 0 radical (unpaired) electrons. The summed E-state index contributed by atoms with van der Waals surface area (Å²) in [5.41, 5.74) is 2.68. The van der Waals surface area contributed by atoms with Gasteiger partial charge in [-0.15, -0.1) is 0 Å². The van der Waals surface area contributed by atoms with Gasteiger partial charge in [-0.25, -0.2) is 8.78 Å². The van der Waals surface area contributed by atoms with Gasteiger partial charge in [-0.2, -0.15) is 13.9 Å². The molecule has 2 aromatic carbocycles. The molecule has 3 nitrogen and oxygen atoms in total. The minimum absolute atomic E-state index is 0.0808. The third-order valence-corrected chi connectivity index (χ3v) is 3.61. The monoisotopic (exact) mass is 373 g/mol. The Kier molecular flexibility index (Phi) is 6.56. The molecule has 0 unspecified atom stereocenters. The van der Waals surface area contributed by atoms with E-state index in [-0.39, 0.29) is 10.7 Å². The number of nitrogens with one attached hydrogen (secondary N) is 2. The molecule has 9 heteroatoms. The van der Waals surface area contributed by atoms with E-state index in [2.05, 4.69) is 15.8 Å². The molecule has 0 atom stereocenters. The van der Waals surface area contributed by atoms with Gasteiger partial charge in [-0.1, -0.05) is 17.8 Å². The first-order chi connectivity index (χ1) is 11.5. The van der Waals surface area contributed by atoms with Crippen molar-refractivity contribution in [1.29, 1.82) is 0 Å². The van der Waals surface area contributed by atoms with E-state index in [1.54, 1.807) is 12.1 Å². The summed E-state index contributed by atoms with van der Waals surface area (Å²) in [7, 11) is 0. The predicted molar refractivity (Wildman–Crippen MR) is 91.6 cm³/mol. The average molecular weight is 373 g/mol. The summed E-state index contributed by atoms with van der Waals surface area (Å²) < 4.78 is 51.2. The average Bonchev–Trinajstić information content (AvgIpc) is 2.52. The van der Waals surface area contributed by atoms with Crippen LogP contribution in [0, 0.1) is 11.6 Å². The second-order valence-corrected chi connectivity index (χ2v) is 5.83. The van der Waals surface area contributed by atoms with Gasteiger partial charge in [-0.3, -0.25) is 5.43 Å². The second kappa shape index (κ2) is 8.65. The van der Waals surface area contributed by atoms with E-state index in [1.165, 1.54) is 18.2 Å². The summed E-state index contributed by atoms with van der Waals surface area (Å²) in [5.74, 6) is -3.97. The molecule has 0 heterocycles. The number of benzene rings is 2. The van der Waals surface area contributed by atoms with Gasteiger partial charge in [0.1, 0.15) is 11.6 Å². The highest BCUT2D eigenvalue weighted by Crippen LogP contribution is 2.26. The lowest BCUT2D eigenvalue weighted by Gasteiger charge is -2.08. The molecular formula is C15H11F4N3S2. The van der Waals surface area contributed by atoms with Crippen LogP contribution in [-0.2, 0) is 0 Å². The van der Waals surface area contributed by atoms with Gasteiger partial charge in [0.2, 0.25) is 0 Å². The van der Waals surface area contributed by atoms with Crippen molar-refractivity contribution in [2.24, 2.45) is 5.10 Å². The Morgan fingerprint density at radius 2 is 1.71 bits per heavy atom. The van der Waals surface area contributed by atoms with Crippen LogP contribution in [0.5, 0.6) is 0 Å². The van der Waals surface area contributed by atoms with E-state index >= 15 is 0 Å². The van der Waals surface area contributed by atoms with Crippen LogP contribution in [0.3, 0.4) is 0 Å². The number of rotatable bonds is 5. The maximum absolute atomic E-state index is 13.4. The highest BCUT2D eigenvalue weighted by molar-refractivity contribution is 7.99. The molecule has 0 fully saturated rings. The number of anilines is 1. The Hall–Kier alpha value is -2.13. The summed E-state index contributed by atoms with van der Waals surface area (Å²) >= 11 is 5.41. The van der Waals surface area contributed by atoms with Gasteiger partial charge in [0, 0.05) is 10.6 Å². The quantitative estimate of drug-likeness (QED) is 0.264. The number of hydrogen-bond acceptors (Lipinski definition) is 3. The van der Waals surface area contributed by atoms with E-state index in [1.807, 2.05) is 0 Å². The Bertz CT molecular complexity index is 716. The molecule has 126 valence electrons. The van der Waals surface area contributed by atoms with Crippen molar-refractivity contribution in [3.05, 3.63) is 59.7 Å². The Morgan fingerprint density at radius 3 is 2.29 bits per heavy atom. The number of halogens is 4. The third-order valence-electron chi connectivity index (χ3n) is 2.70. The van der Waals surface area contributed by atoms with Crippen LogP contribution in [0.25, 0.3) is 0 Å².